The third-order valence-electron chi connectivity index (χ3n) is 1.78. The average molecular weight is 296 g/mol. The molecule has 15 heavy (non-hydrogen) atoms. The Hall–Kier alpha value is -0.610. The second kappa shape index (κ2) is 6.08. The molecule has 2 nitrogen and oxygen atoms in total. The zero-order valence-corrected chi connectivity index (χ0v) is 10.1. The van der Waals surface area contributed by atoms with Gasteiger partial charge in [0.1, 0.15) is 5.75 Å². The number of hydrogen-bond acceptors (Lipinski definition) is 2. The molecule has 0 amide bonds. The van der Waals surface area contributed by atoms with Crippen molar-refractivity contribution in [3.05, 3.63) is 28.2 Å². The summed E-state index contributed by atoms with van der Waals surface area (Å²) in [6.45, 7) is -0.869. The number of rotatable bonds is 5. The maximum absolute atomic E-state index is 11.9. The fourth-order valence-electron chi connectivity index (χ4n) is 1.08. The van der Waals surface area contributed by atoms with Gasteiger partial charge in [-0.3, -0.25) is 4.79 Å². The van der Waals surface area contributed by atoms with E-state index in [4.69, 9.17) is 11.6 Å². The van der Waals surface area contributed by atoms with Crippen LogP contribution >= 0.6 is 27.5 Å². The summed E-state index contributed by atoms with van der Waals surface area (Å²) in [6.07, 6.45) is 0.264. The molecule has 0 unspecified atom stereocenters. The number of alkyl halides is 2. The number of carbonyl (C=O) groups excluding carboxylic acids is 1. The lowest BCUT2D eigenvalue weighted by molar-refractivity contribution is -0.116. The van der Waals surface area contributed by atoms with Crippen LogP contribution in [0.4, 0.5) is 4.39 Å². The molecule has 0 saturated heterocycles. The molecule has 0 aliphatic heterocycles. The molecule has 0 bridgehead atoms. The molecule has 1 aromatic rings. The van der Waals surface area contributed by atoms with Gasteiger partial charge < -0.3 is 4.74 Å². The van der Waals surface area contributed by atoms with Crippen molar-refractivity contribution in [1.82, 2.24) is 0 Å². The van der Waals surface area contributed by atoms with Crippen LogP contribution in [0.25, 0.3) is 0 Å². The Morgan fingerprint density at radius 2 is 2.27 bits per heavy atom. The largest absolute Gasteiger partial charge is 0.463 e. The Bertz CT molecular complexity index is 357. The Balaban J connectivity index is 2.78. The molecular formula is C10H9BrClFO2. The number of ether oxygens (including phenoxy) is 1. The summed E-state index contributed by atoms with van der Waals surface area (Å²) >= 11 is 8.67. The second-order valence-corrected chi connectivity index (χ2v) is 3.98. The lowest BCUT2D eigenvalue weighted by Crippen LogP contribution is -2.04. The van der Waals surface area contributed by atoms with Crippen LogP contribution in [0.2, 0.25) is 0 Å². The van der Waals surface area contributed by atoms with Crippen LogP contribution in [0.1, 0.15) is 5.56 Å². The standard InChI is InChI=1S/C10H9BrClFO2/c11-10-4-9(15-6-13)2-1-7(10)3-8(14)5-12/h1-2,4H,3,5-6H2. The van der Waals surface area contributed by atoms with Gasteiger partial charge in [0.25, 0.3) is 0 Å². The Morgan fingerprint density at radius 1 is 1.53 bits per heavy atom. The zero-order chi connectivity index (χ0) is 11.3. The zero-order valence-electron chi connectivity index (χ0n) is 7.80. The predicted molar refractivity (Wildman–Crippen MR) is 60.2 cm³/mol. The fourth-order valence-corrected chi connectivity index (χ4v) is 1.68. The minimum Gasteiger partial charge on any atom is -0.463 e. The Morgan fingerprint density at radius 3 is 2.80 bits per heavy atom. The minimum atomic E-state index is -0.869. The average Bonchev–Trinajstić information content (AvgIpc) is 2.22. The topological polar surface area (TPSA) is 26.3 Å². The van der Waals surface area contributed by atoms with E-state index < -0.39 is 6.86 Å². The summed E-state index contributed by atoms with van der Waals surface area (Å²) in [7, 11) is 0. The van der Waals surface area contributed by atoms with Gasteiger partial charge >= 0.3 is 0 Å². The summed E-state index contributed by atoms with van der Waals surface area (Å²) in [5, 5.41) is 0. The van der Waals surface area contributed by atoms with E-state index in [1.54, 1.807) is 18.2 Å². The van der Waals surface area contributed by atoms with Crippen molar-refractivity contribution >= 4 is 33.3 Å². The molecule has 1 rings (SSSR count). The van der Waals surface area contributed by atoms with Gasteiger partial charge in [0.15, 0.2) is 5.78 Å². The number of ketones is 1. The summed E-state index contributed by atoms with van der Waals surface area (Å²) in [5.41, 5.74) is 0.812. The monoisotopic (exact) mass is 294 g/mol. The maximum Gasteiger partial charge on any atom is 0.228 e. The number of benzene rings is 1. The molecule has 0 aromatic heterocycles. The van der Waals surface area contributed by atoms with E-state index in [9.17, 15) is 9.18 Å². The summed E-state index contributed by atoms with van der Waals surface area (Å²) < 4.78 is 17.2. The molecule has 0 heterocycles. The highest BCUT2D eigenvalue weighted by atomic mass is 79.9. The first-order chi connectivity index (χ1) is 7.17. The summed E-state index contributed by atoms with van der Waals surface area (Å²) in [5.74, 6) is 0.359. The quantitative estimate of drug-likeness (QED) is 0.780. The molecular weight excluding hydrogens is 286 g/mol. The number of Topliss-reactive ketones (excluding diaryl/α,β-unsaturated/α-hetero) is 1. The van der Waals surface area contributed by atoms with Crippen molar-refractivity contribution in [3.63, 3.8) is 0 Å². The first-order valence-corrected chi connectivity index (χ1v) is 5.55. The molecule has 82 valence electrons. The first-order valence-electron chi connectivity index (χ1n) is 4.22. The van der Waals surface area contributed by atoms with Gasteiger partial charge in [0.05, 0.1) is 5.88 Å². The maximum atomic E-state index is 11.9. The van der Waals surface area contributed by atoms with Gasteiger partial charge in [-0.2, -0.15) is 0 Å². The number of halogens is 3. The highest BCUT2D eigenvalue weighted by molar-refractivity contribution is 9.10. The molecule has 0 N–H and O–H groups in total. The smallest absolute Gasteiger partial charge is 0.228 e. The fraction of sp³-hybridized carbons (Fsp3) is 0.300. The van der Waals surface area contributed by atoms with Crippen LogP contribution in [0, 0.1) is 0 Å². The van der Waals surface area contributed by atoms with E-state index in [1.807, 2.05) is 0 Å². The highest BCUT2D eigenvalue weighted by Crippen LogP contribution is 2.23. The normalized spacial score (nSPS) is 10.1. The van der Waals surface area contributed by atoms with Crippen LogP contribution < -0.4 is 4.74 Å². The van der Waals surface area contributed by atoms with Crippen molar-refractivity contribution in [1.29, 1.82) is 0 Å². The molecule has 0 atom stereocenters. The van der Waals surface area contributed by atoms with Gasteiger partial charge in [-0.25, -0.2) is 4.39 Å². The van der Waals surface area contributed by atoms with E-state index in [0.717, 1.165) is 5.56 Å². The molecule has 0 aliphatic carbocycles. The third-order valence-corrected chi connectivity index (χ3v) is 2.82. The Labute approximate surface area is 101 Å². The molecule has 5 heteroatoms. The number of carbonyl (C=O) groups is 1. The first kappa shape index (κ1) is 12.5. The van der Waals surface area contributed by atoms with E-state index in [1.165, 1.54) is 0 Å². The van der Waals surface area contributed by atoms with Gasteiger partial charge in [0.2, 0.25) is 6.86 Å². The van der Waals surface area contributed by atoms with E-state index in [2.05, 4.69) is 20.7 Å². The number of hydrogen-bond donors (Lipinski definition) is 0. The minimum absolute atomic E-state index is 0.00479. The SMILES string of the molecule is O=C(CCl)Cc1ccc(OCF)cc1Br. The van der Waals surface area contributed by atoms with Crippen molar-refractivity contribution in [3.8, 4) is 5.75 Å². The molecule has 1 aromatic carbocycles. The lowest BCUT2D eigenvalue weighted by atomic mass is 10.1. The van der Waals surface area contributed by atoms with Crippen molar-refractivity contribution in [2.45, 2.75) is 6.42 Å². The van der Waals surface area contributed by atoms with Gasteiger partial charge in [-0.1, -0.05) is 22.0 Å². The van der Waals surface area contributed by atoms with Crippen LogP contribution in [0.3, 0.4) is 0 Å². The molecule has 0 aliphatic rings. The lowest BCUT2D eigenvalue weighted by Gasteiger charge is -2.05. The van der Waals surface area contributed by atoms with Crippen molar-refractivity contribution in [2.24, 2.45) is 0 Å². The van der Waals surface area contributed by atoms with Crippen LogP contribution in [0.5, 0.6) is 5.75 Å². The molecule has 0 spiro atoms. The third kappa shape index (κ3) is 3.80. The predicted octanol–water partition coefficient (Wildman–Crippen LogP) is 3.11. The van der Waals surface area contributed by atoms with E-state index in [0.29, 0.717) is 10.2 Å². The molecule has 0 saturated carbocycles. The van der Waals surface area contributed by atoms with Crippen molar-refractivity contribution < 1.29 is 13.9 Å². The van der Waals surface area contributed by atoms with E-state index >= 15 is 0 Å². The van der Waals surface area contributed by atoms with Gasteiger partial charge in [0, 0.05) is 10.9 Å². The van der Waals surface area contributed by atoms with Crippen LogP contribution in [0.15, 0.2) is 22.7 Å². The summed E-state index contributed by atoms with van der Waals surface area (Å²) in [4.78, 5) is 11.1. The van der Waals surface area contributed by atoms with Gasteiger partial charge in [-0.15, -0.1) is 11.6 Å². The molecule has 0 radical (unpaired) electrons. The van der Waals surface area contributed by atoms with Crippen LogP contribution in [-0.2, 0) is 11.2 Å². The Kier molecular flexibility index (Phi) is 5.05. The summed E-state index contributed by atoms with van der Waals surface area (Å²) in [6, 6.07) is 4.94. The second-order valence-electron chi connectivity index (χ2n) is 2.86. The van der Waals surface area contributed by atoms with E-state index in [-0.39, 0.29) is 18.1 Å². The van der Waals surface area contributed by atoms with Gasteiger partial charge in [-0.05, 0) is 17.7 Å². The van der Waals surface area contributed by atoms with Crippen LogP contribution in [-0.4, -0.2) is 18.5 Å². The molecule has 0 fully saturated rings. The highest BCUT2D eigenvalue weighted by Gasteiger charge is 2.07. The van der Waals surface area contributed by atoms with Crippen molar-refractivity contribution in [2.75, 3.05) is 12.7 Å².